The summed E-state index contributed by atoms with van der Waals surface area (Å²) in [5, 5.41) is 2.73. The van der Waals surface area contributed by atoms with Crippen LogP contribution in [0.2, 0.25) is 0 Å². The lowest BCUT2D eigenvalue weighted by atomic mass is 10.3. The third-order valence-corrected chi connectivity index (χ3v) is 2.91. The van der Waals surface area contributed by atoms with Gasteiger partial charge in [-0.15, -0.1) is 0 Å². The van der Waals surface area contributed by atoms with Crippen LogP contribution in [0.4, 0.5) is 10.6 Å². The largest absolute Gasteiger partial charge is 0.353 e. The highest BCUT2D eigenvalue weighted by Crippen LogP contribution is 2.12. The van der Waals surface area contributed by atoms with Crippen molar-refractivity contribution < 1.29 is 4.79 Å². The highest BCUT2D eigenvalue weighted by molar-refractivity contribution is 5.75. The van der Waals surface area contributed by atoms with Crippen LogP contribution in [0.5, 0.6) is 0 Å². The summed E-state index contributed by atoms with van der Waals surface area (Å²) in [7, 11) is 0. The van der Waals surface area contributed by atoms with Crippen molar-refractivity contribution in [3.05, 3.63) is 36.7 Å². The molecule has 1 fully saturated rings. The van der Waals surface area contributed by atoms with Crippen LogP contribution >= 0.6 is 0 Å². The Bertz CT molecular complexity index is 410. The van der Waals surface area contributed by atoms with Crippen molar-refractivity contribution in [1.82, 2.24) is 15.2 Å². The number of piperazine rings is 1. The fourth-order valence-electron chi connectivity index (χ4n) is 1.93. The highest BCUT2D eigenvalue weighted by Gasteiger charge is 2.20. The van der Waals surface area contributed by atoms with Crippen LogP contribution in [0.15, 0.2) is 36.7 Å². The Morgan fingerprint density at radius 3 is 2.72 bits per heavy atom. The van der Waals surface area contributed by atoms with Crippen LogP contribution in [-0.4, -0.2) is 42.1 Å². The first-order chi connectivity index (χ1) is 8.81. The molecule has 1 saturated heterocycles. The number of hydrogen-bond acceptors (Lipinski definition) is 3. The lowest BCUT2D eigenvalue weighted by Crippen LogP contribution is -2.51. The van der Waals surface area contributed by atoms with Gasteiger partial charge >= 0.3 is 6.03 Å². The van der Waals surface area contributed by atoms with Crippen LogP contribution in [0.1, 0.15) is 6.92 Å². The molecule has 0 aromatic carbocycles. The predicted octanol–water partition coefficient (Wildman–Crippen LogP) is 1.45. The monoisotopic (exact) mass is 246 g/mol. The van der Waals surface area contributed by atoms with E-state index in [1.807, 2.05) is 36.1 Å². The van der Waals surface area contributed by atoms with E-state index in [1.165, 1.54) is 0 Å². The first kappa shape index (κ1) is 12.4. The number of allylic oxidation sites excluding steroid dienone is 1. The molecule has 0 aliphatic carbocycles. The molecule has 18 heavy (non-hydrogen) atoms. The van der Waals surface area contributed by atoms with Gasteiger partial charge in [0.2, 0.25) is 0 Å². The van der Waals surface area contributed by atoms with Gasteiger partial charge in [0.15, 0.2) is 0 Å². The molecule has 0 spiro atoms. The summed E-state index contributed by atoms with van der Waals surface area (Å²) in [6, 6.07) is 5.85. The minimum Gasteiger partial charge on any atom is -0.353 e. The summed E-state index contributed by atoms with van der Waals surface area (Å²) in [5.41, 5.74) is 0. The maximum atomic E-state index is 11.7. The van der Waals surface area contributed by atoms with Crippen LogP contribution in [0.3, 0.4) is 0 Å². The second-order valence-corrected chi connectivity index (χ2v) is 4.11. The molecule has 5 heteroatoms. The van der Waals surface area contributed by atoms with Crippen molar-refractivity contribution in [3.8, 4) is 0 Å². The normalized spacial score (nSPS) is 16.1. The summed E-state index contributed by atoms with van der Waals surface area (Å²) in [6.45, 7) is 4.96. The van der Waals surface area contributed by atoms with Gasteiger partial charge in [0, 0.05) is 38.6 Å². The van der Waals surface area contributed by atoms with Crippen molar-refractivity contribution in [1.29, 1.82) is 0 Å². The van der Waals surface area contributed by atoms with Gasteiger partial charge in [-0.3, -0.25) is 0 Å². The maximum absolute atomic E-state index is 11.7. The number of carbonyl (C=O) groups is 1. The van der Waals surface area contributed by atoms with Gasteiger partial charge in [0.25, 0.3) is 0 Å². The Balaban J connectivity index is 1.86. The molecule has 1 aliphatic rings. The van der Waals surface area contributed by atoms with Crippen molar-refractivity contribution >= 4 is 11.8 Å². The first-order valence-electron chi connectivity index (χ1n) is 6.14. The maximum Gasteiger partial charge on any atom is 0.321 e. The number of nitrogens with one attached hydrogen (secondary N) is 1. The molecule has 1 aromatic heterocycles. The van der Waals surface area contributed by atoms with E-state index in [1.54, 1.807) is 12.4 Å². The highest BCUT2D eigenvalue weighted by atomic mass is 16.2. The molecule has 1 aliphatic heterocycles. The van der Waals surface area contributed by atoms with Gasteiger partial charge in [-0.25, -0.2) is 9.78 Å². The van der Waals surface area contributed by atoms with Crippen LogP contribution in [0.25, 0.3) is 0 Å². The Hall–Kier alpha value is -2.04. The standard InChI is InChI=1S/C13H18N4O/c1-2-6-15-13(18)17-10-8-16(9-11-17)12-5-3-4-7-14-12/h2-7H,8-11H2,1H3,(H,15,18)/b6-2+. The van der Waals surface area contributed by atoms with E-state index in [4.69, 9.17) is 0 Å². The van der Waals surface area contributed by atoms with E-state index in [9.17, 15) is 4.79 Å². The summed E-state index contributed by atoms with van der Waals surface area (Å²) in [6.07, 6.45) is 5.26. The number of anilines is 1. The molecule has 2 rings (SSSR count). The fraction of sp³-hybridized carbons (Fsp3) is 0.385. The van der Waals surface area contributed by atoms with Gasteiger partial charge in [0.1, 0.15) is 5.82 Å². The number of aromatic nitrogens is 1. The zero-order valence-corrected chi connectivity index (χ0v) is 10.5. The summed E-state index contributed by atoms with van der Waals surface area (Å²) >= 11 is 0. The third-order valence-electron chi connectivity index (χ3n) is 2.91. The van der Waals surface area contributed by atoms with Gasteiger partial charge in [-0.05, 0) is 19.1 Å². The second kappa shape index (κ2) is 6.05. The Morgan fingerprint density at radius 2 is 2.11 bits per heavy atom. The number of carbonyl (C=O) groups excluding carboxylic acids is 1. The van der Waals surface area contributed by atoms with Crippen LogP contribution < -0.4 is 10.2 Å². The lowest BCUT2D eigenvalue weighted by Gasteiger charge is -2.35. The predicted molar refractivity (Wildman–Crippen MR) is 71.4 cm³/mol. The van der Waals surface area contributed by atoms with Gasteiger partial charge in [-0.1, -0.05) is 12.1 Å². The average Bonchev–Trinajstić information content (AvgIpc) is 2.46. The zero-order valence-electron chi connectivity index (χ0n) is 10.5. The van der Waals surface area contributed by atoms with E-state index in [0.29, 0.717) is 0 Å². The molecule has 2 amide bonds. The van der Waals surface area contributed by atoms with Gasteiger partial charge in [-0.2, -0.15) is 0 Å². The number of amides is 2. The zero-order chi connectivity index (χ0) is 12.8. The van der Waals surface area contributed by atoms with E-state index >= 15 is 0 Å². The summed E-state index contributed by atoms with van der Waals surface area (Å²) in [5.74, 6) is 0.978. The molecule has 5 nitrogen and oxygen atoms in total. The number of hydrogen-bond donors (Lipinski definition) is 1. The average molecular weight is 246 g/mol. The molecular formula is C13H18N4O. The van der Waals surface area contributed by atoms with Crippen LogP contribution in [-0.2, 0) is 0 Å². The van der Waals surface area contributed by atoms with E-state index in [2.05, 4.69) is 15.2 Å². The van der Waals surface area contributed by atoms with Gasteiger partial charge in [0.05, 0.1) is 0 Å². The van der Waals surface area contributed by atoms with Crippen molar-refractivity contribution in [2.45, 2.75) is 6.92 Å². The molecule has 1 aromatic rings. The molecule has 0 saturated carbocycles. The molecule has 0 bridgehead atoms. The minimum absolute atomic E-state index is 0.0335. The number of pyridine rings is 1. The first-order valence-corrected chi connectivity index (χ1v) is 6.14. The van der Waals surface area contributed by atoms with E-state index in [-0.39, 0.29) is 6.03 Å². The Morgan fingerprint density at radius 1 is 1.33 bits per heavy atom. The fourth-order valence-corrected chi connectivity index (χ4v) is 1.93. The molecule has 2 heterocycles. The van der Waals surface area contributed by atoms with Crippen molar-refractivity contribution in [2.24, 2.45) is 0 Å². The topological polar surface area (TPSA) is 48.5 Å². The van der Waals surface area contributed by atoms with Crippen molar-refractivity contribution in [2.75, 3.05) is 31.1 Å². The molecule has 0 atom stereocenters. The molecule has 96 valence electrons. The van der Waals surface area contributed by atoms with Gasteiger partial charge < -0.3 is 15.1 Å². The Labute approximate surface area is 107 Å². The summed E-state index contributed by atoms with van der Waals surface area (Å²) in [4.78, 5) is 20.1. The molecular weight excluding hydrogens is 228 g/mol. The summed E-state index contributed by atoms with van der Waals surface area (Å²) < 4.78 is 0. The van der Waals surface area contributed by atoms with Crippen molar-refractivity contribution in [3.63, 3.8) is 0 Å². The number of urea groups is 1. The Kier molecular flexibility index (Phi) is 4.17. The molecule has 0 unspecified atom stereocenters. The quantitative estimate of drug-likeness (QED) is 0.859. The van der Waals surface area contributed by atoms with Crippen LogP contribution in [0, 0.1) is 0 Å². The lowest BCUT2D eigenvalue weighted by molar-refractivity contribution is 0.198. The second-order valence-electron chi connectivity index (χ2n) is 4.11. The smallest absolute Gasteiger partial charge is 0.321 e. The molecule has 1 N–H and O–H groups in total. The minimum atomic E-state index is -0.0335. The number of nitrogens with zero attached hydrogens (tertiary/aromatic N) is 3. The molecule has 0 radical (unpaired) electrons. The van der Waals surface area contributed by atoms with E-state index < -0.39 is 0 Å². The number of rotatable bonds is 2. The third kappa shape index (κ3) is 3.00. The SMILES string of the molecule is C/C=C/NC(=O)N1CCN(c2ccccn2)CC1. The van der Waals surface area contributed by atoms with E-state index in [0.717, 1.165) is 32.0 Å².